The summed E-state index contributed by atoms with van der Waals surface area (Å²) < 4.78 is 19.6. The lowest BCUT2D eigenvalue weighted by Gasteiger charge is -2.09. The second-order valence-electron chi connectivity index (χ2n) is 6.54. The Morgan fingerprint density at radius 2 is 1.70 bits per heavy atom. The number of anilines is 1. The van der Waals surface area contributed by atoms with Gasteiger partial charge in [0.15, 0.2) is 0 Å². The summed E-state index contributed by atoms with van der Waals surface area (Å²) in [6.45, 7) is 2.98. The number of nitrogens with zero attached hydrogens (tertiary/aromatic N) is 1. The molecule has 0 saturated heterocycles. The van der Waals surface area contributed by atoms with E-state index in [-0.39, 0.29) is 5.82 Å². The summed E-state index contributed by atoms with van der Waals surface area (Å²) in [5.41, 5.74) is 4.56. The summed E-state index contributed by atoms with van der Waals surface area (Å²) in [5, 5.41) is 4.17. The van der Waals surface area contributed by atoms with Crippen molar-refractivity contribution in [3.63, 3.8) is 0 Å². The van der Waals surface area contributed by atoms with E-state index in [0.717, 1.165) is 34.5 Å². The maximum atomic E-state index is 12.9. The summed E-state index contributed by atoms with van der Waals surface area (Å²) >= 11 is 3.55. The third kappa shape index (κ3) is 8.57. The lowest BCUT2D eigenvalue weighted by molar-refractivity contribution is 0.302. The fourth-order valence-corrected chi connectivity index (χ4v) is 3.17. The molecule has 2 aromatic rings. The van der Waals surface area contributed by atoms with Crippen LogP contribution in [0.5, 0.6) is 5.75 Å². The molecule has 27 heavy (non-hydrogen) atoms. The number of nitrogens with one attached hydrogen (secondary N) is 1. The van der Waals surface area contributed by atoms with Crippen molar-refractivity contribution in [1.29, 1.82) is 0 Å². The van der Waals surface area contributed by atoms with E-state index < -0.39 is 0 Å². The normalized spacial score (nSPS) is 11.1. The standard InChI is InChI=1S/C22H28BrFN2O/c1-2-3-4-5-6-7-8-15-27-22-14-9-18(16-21(22)23)17-25-26-20-12-10-19(24)11-13-20/h9-14,16-17,26H,2-8,15H2,1H3/b25-17+. The summed E-state index contributed by atoms with van der Waals surface area (Å²) in [6, 6.07) is 11.9. The van der Waals surface area contributed by atoms with Gasteiger partial charge in [0.25, 0.3) is 0 Å². The molecule has 0 atom stereocenters. The van der Waals surface area contributed by atoms with Crippen molar-refractivity contribution < 1.29 is 9.13 Å². The Balaban J connectivity index is 1.71. The van der Waals surface area contributed by atoms with Crippen molar-refractivity contribution >= 4 is 27.8 Å². The van der Waals surface area contributed by atoms with Crippen molar-refractivity contribution in [1.82, 2.24) is 0 Å². The number of ether oxygens (including phenoxy) is 1. The van der Waals surface area contributed by atoms with Crippen LogP contribution in [0.15, 0.2) is 52.0 Å². The highest BCUT2D eigenvalue weighted by atomic mass is 79.9. The zero-order chi connectivity index (χ0) is 19.3. The van der Waals surface area contributed by atoms with Crippen LogP contribution in [0.1, 0.15) is 57.4 Å². The molecule has 0 amide bonds. The zero-order valence-corrected chi connectivity index (χ0v) is 17.5. The van der Waals surface area contributed by atoms with Gasteiger partial charge in [-0.15, -0.1) is 0 Å². The van der Waals surface area contributed by atoms with E-state index in [2.05, 4.69) is 33.4 Å². The van der Waals surface area contributed by atoms with Crippen LogP contribution in [0.4, 0.5) is 10.1 Å². The van der Waals surface area contributed by atoms with E-state index in [1.165, 1.54) is 50.7 Å². The molecule has 0 bridgehead atoms. The lowest BCUT2D eigenvalue weighted by Crippen LogP contribution is -1.98. The van der Waals surface area contributed by atoms with Crippen LogP contribution in [0.25, 0.3) is 0 Å². The number of unbranched alkanes of at least 4 members (excludes halogenated alkanes) is 6. The van der Waals surface area contributed by atoms with E-state index in [4.69, 9.17) is 4.74 Å². The largest absolute Gasteiger partial charge is 0.492 e. The van der Waals surface area contributed by atoms with Gasteiger partial charge in [-0.3, -0.25) is 5.43 Å². The highest BCUT2D eigenvalue weighted by molar-refractivity contribution is 9.10. The Bertz CT molecular complexity index is 704. The van der Waals surface area contributed by atoms with E-state index in [1.807, 2.05) is 18.2 Å². The Hall–Kier alpha value is -1.88. The third-order valence-electron chi connectivity index (χ3n) is 4.21. The first kappa shape index (κ1) is 21.4. The van der Waals surface area contributed by atoms with E-state index >= 15 is 0 Å². The quantitative estimate of drug-likeness (QED) is 0.218. The third-order valence-corrected chi connectivity index (χ3v) is 4.83. The summed E-state index contributed by atoms with van der Waals surface area (Å²) in [5.74, 6) is 0.588. The zero-order valence-electron chi connectivity index (χ0n) is 15.9. The van der Waals surface area contributed by atoms with Gasteiger partial charge in [-0.1, -0.05) is 45.4 Å². The molecular formula is C22H28BrFN2O. The van der Waals surface area contributed by atoms with E-state index in [1.54, 1.807) is 18.3 Å². The first-order valence-electron chi connectivity index (χ1n) is 9.66. The first-order valence-corrected chi connectivity index (χ1v) is 10.5. The van der Waals surface area contributed by atoms with Crippen LogP contribution in [-0.2, 0) is 0 Å². The second-order valence-corrected chi connectivity index (χ2v) is 7.39. The topological polar surface area (TPSA) is 33.6 Å². The molecule has 2 aromatic carbocycles. The molecule has 0 aliphatic carbocycles. The number of hydrogen-bond acceptors (Lipinski definition) is 3. The van der Waals surface area contributed by atoms with Gasteiger partial charge in [-0.05, 0) is 70.4 Å². The maximum Gasteiger partial charge on any atom is 0.133 e. The number of hydrogen-bond donors (Lipinski definition) is 1. The van der Waals surface area contributed by atoms with Crippen molar-refractivity contribution in [3.05, 3.63) is 58.3 Å². The molecule has 0 unspecified atom stereocenters. The van der Waals surface area contributed by atoms with Crippen molar-refractivity contribution in [2.45, 2.75) is 51.9 Å². The Morgan fingerprint density at radius 1 is 1.00 bits per heavy atom. The van der Waals surface area contributed by atoms with Gasteiger partial charge < -0.3 is 4.74 Å². The molecule has 2 rings (SSSR count). The van der Waals surface area contributed by atoms with Gasteiger partial charge >= 0.3 is 0 Å². The van der Waals surface area contributed by atoms with Crippen LogP contribution in [0.2, 0.25) is 0 Å². The van der Waals surface area contributed by atoms with E-state index in [9.17, 15) is 4.39 Å². The fourth-order valence-electron chi connectivity index (χ4n) is 2.66. The molecule has 0 spiro atoms. The summed E-state index contributed by atoms with van der Waals surface area (Å²) in [6.07, 6.45) is 10.6. The van der Waals surface area contributed by atoms with Crippen LogP contribution in [-0.4, -0.2) is 12.8 Å². The Kier molecular flexibility index (Phi) is 9.91. The molecule has 3 nitrogen and oxygen atoms in total. The number of hydrazone groups is 1. The number of halogens is 2. The molecule has 0 aliphatic rings. The highest BCUT2D eigenvalue weighted by Crippen LogP contribution is 2.26. The Labute approximate surface area is 170 Å². The molecule has 5 heteroatoms. The summed E-state index contributed by atoms with van der Waals surface area (Å²) in [7, 11) is 0. The Morgan fingerprint density at radius 3 is 2.41 bits per heavy atom. The van der Waals surface area contributed by atoms with Gasteiger partial charge in [-0.25, -0.2) is 4.39 Å². The number of benzene rings is 2. The van der Waals surface area contributed by atoms with Crippen LogP contribution >= 0.6 is 15.9 Å². The van der Waals surface area contributed by atoms with Gasteiger partial charge in [0.2, 0.25) is 0 Å². The second kappa shape index (κ2) is 12.5. The maximum absolute atomic E-state index is 12.9. The molecule has 146 valence electrons. The van der Waals surface area contributed by atoms with E-state index in [0.29, 0.717) is 0 Å². The monoisotopic (exact) mass is 434 g/mol. The van der Waals surface area contributed by atoms with Gasteiger partial charge in [0.1, 0.15) is 11.6 Å². The minimum absolute atomic E-state index is 0.263. The first-order chi connectivity index (χ1) is 13.2. The molecule has 0 aliphatic heterocycles. The summed E-state index contributed by atoms with van der Waals surface area (Å²) in [4.78, 5) is 0. The van der Waals surface area contributed by atoms with Gasteiger partial charge in [0, 0.05) is 0 Å². The van der Waals surface area contributed by atoms with Crippen LogP contribution in [0.3, 0.4) is 0 Å². The minimum Gasteiger partial charge on any atom is -0.492 e. The van der Waals surface area contributed by atoms with Gasteiger partial charge in [0.05, 0.1) is 23.0 Å². The molecule has 0 aromatic heterocycles. The predicted octanol–water partition coefficient (Wildman–Crippen LogP) is 7.16. The average Bonchev–Trinajstić information content (AvgIpc) is 2.67. The fraction of sp³-hybridized carbons (Fsp3) is 0.409. The smallest absolute Gasteiger partial charge is 0.133 e. The molecule has 0 radical (unpaired) electrons. The van der Waals surface area contributed by atoms with Crippen molar-refractivity contribution in [2.24, 2.45) is 5.10 Å². The van der Waals surface area contributed by atoms with Crippen LogP contribution < -0.4 is 10.2 Å². The average molecular weight is 435 g/mol. The van der Waals surface area contributed by atoms with Crippen molar-refractivity contribution in [3.8, 4) is 5.75 Å². The molecule has 0 saturated carbocycles. The van der Waals surface area contributed by atoms with Crippen LogP contribution in [0, 0.1) is 5.82 Å². The van der Waals surface area contributed by atoms with Gasteiger partial charge in [-0.2, -0.15) is 5.10 Å². The molecule has 0 fully saturated rings. The molecular weight excluding hydrogens is 407 g/mol. The minimum atomic E-state index is -0.263. The SMILES string of the molecule is CCCCCCCCCOc1ccc(/C=N/Nc2ccc(F)cc2)cc1Br. The predicted molar refractivity (Wildman–Crippen MR) is 115 cm³/mol. The highest BCUT2D eigenvalue weighted by Gasteiger charge is 2.02. The number of rotatable bonds is 12. The molecule has 0 heterocycles. The van der Waals surface area contributed by atoms with Crippen molar-refractivity contribution in [2.75, 3.05) is 12.0 Å². The molecule has 1 N–H and O–H groups in total. The lowest BCUT2D eigenvalue weighted by atomic mass is 10.1.